The fraction of sp³-hybridized carbons (Fsp3) is 0.262. The molecule has 1 aliphatic heterocycles. The first-order valence-electron chi connectivity index (χ1n) is 25.5. The molecule has 5 heteroatoms. The summed E-state index contributed by atoms with van der Waals surface area (Å²) in [6.45, 7) is 21.7. The van der Waals surface area contributed by atoms with Crippen molar-refractivity contribution in [3.05, 3.63) is 173 Å². The van der Waals surface area contributed by atoms with Crippen LogP contribution in [0.5, 0.6) is 0 Å². The molecule has 2 aromatic heterocycles. The van der Waals surface area contributed by atoms with E-state index in [-0.39, 0.29) is 21.7 Å². The molecule has 10 aromatic rings. The molecule has 3 heterocycles. The van der Waals surface area contributed by atoms with Gasteiger partial charge in [-0.2, -0.15) is 0 Å². The van der Waals surface area contributed by atoms with Crippen molar-refractivity contribution in [1.29, 1.82) is 0 Å². The van der Waals surface area contributed by atoms with E-state index < -0.39 is 0 Å². The van der Waals surface area contributed by atoms with Gasteiger partial charge in [0.2, 0.25) is 0 Å². The molecular formula is C65H61BN2O2. The molecule has 13 rings (SSSR count). The van der Waals surface area contributed by atoms with Gasteiger partial charge in [-0.25, -0.2) is 0 Å². The van der Waals surface area contributed by atoms with Gasteiger partial charge in [0.15, 0.2) is 12.9 Å². The van der Waals surface area contributed by atoms with Crippen LogP contribution in [0.2, 0.25) is 0 Å². The fourth-order valence-electron chi connectivity index (χ4n) is 12.7. The summed E-state index contributed by atoms with van der Waals surface area (Å²) in [5.41, 5.74) is 23.5. The molecule has 0 radical (unpaired) electrons. The Morgan fingerprint density at radius 2 is 1.07 bits per heavy atom. The molecule has 346 valence electrons. The molecule has 0 amide bonds. The Balaban J connectivity index is 1.12. The Morgan fingerprint density at radius 3 is 1.77 bits per heavy atom. The quantitative estimate of drug-likeness (QED) is 0.175. The van der Waals surface area contributed by atoms with Crippen LogP contribution >= 0.6 is 0 Å². The molecule has 1 N–H and O–H groups in total. The molecule has 2 aliphatic carbocycles. The number of para-hydroxylation sites is 2. The topological polar surface area (TPSA) is 41.6 Å². The van der Waals surface area contributed by atoms with Crippen molar-refractivity contribution in [1.82, 2.24) is 0 Å². The SMILES string of the molecule is Cc1cc2c(cc1N1c3cc(-c4ccccc4)ccc3Bc3c1cc1c(oc4ccccc41)c3-c1ccc3c(oc4ccccc43)c1Nc1ccc3c(c1)C(C)(C)CCC3(C)C)C(C)(C)CCC2(C)C. The van der Waals surface area contributed by atoms with Gasteiger partial charge in [-0.05, 0) is 147 Å². The first kappa shape index (κ1) is 43.1. The number of nitrogens with zero attached hydrogens (tertiary/aromatic N) is 1. The number of hydrogen-bond donors (Lipinski definition) is 1. The molecule has 0 spiro atoms. The highest BCUT2D eigenvalue weighted by Gasteiger charge is 2.40. The zero-order valence-corrected chi connectivity index (χ0v) is 42.2. The maximum atomic E-state index is 7.18. The van der Waals surface area contributed by atoms with E-state index in [2.05, 4.69) is 218 Å². The largest absolute Gasteiger partial charge is 0.455 e. The lowest BCUT2D eigenvalue weighted by molar-refractivity contribution is 0.332. The minimum absolute atomic E-state index is 0.0285. The first-order chi connectivity index (χ1) is 33.6. The van der Waals surface area contributed by atoms with Crippen LogP contribution < -0.4 is 21.1 Å². The minimum Gasteiger partial charge on any atom is -0.455 e. The highest BCUT2D eigenvalue weighted by molar-refractivity contribution is 6.74. The van der Waals surface area contributed by atoms with Crippen molar-refractivity contribution >= 4 is 90.5 Å². The Hall–Kier alpha value is -6.98. The second-order valence-corrected chi connectivity index (χ2v) is 23.5. The van der Waals surface area contributed by atoms with Gasteiger partial charge >= 0.3 is 0 Å². The van der Waals surface area contributed by atoms with Crippen LogP contribution in [0, 0.1) is 6.92 Å². The number of aryl methyl sites for hydroxylation is 1. The average Bonchev–Trinajstić information content (AvgIpc) is 3.92. The van der Waals surface area contributed by atoms with E-state index in [1.807, 2.05) is 0 Å². The third-order valence-electron chi connectivity index (χ3n) is 17.1. The summed E-state index contributed by atoms with van der Waals surface area (Å²) in [5, 5.41) is 8.49. The summed E-state index contributed by atoms with van der Waals surface area (Å²) in [6.07, 6.45) is 4.63. The van der Waals surface area contributed by atoms with Gasteiger partial charge in [0.25, 0.3) is 0 Å². The van der Waals surface area contributed by atoms with Crippen LogP contribution in [-0.2, 0) is 21.7 Å². The molecule has 0 saturated heterocycles. The highest BCUT2D eigenvalue weighted by atomic mass is 16.3. The first-order valence-corrected chi connectivity index (χ1v) is 25.5. The molecule has 0 fully saturated rings. The third kappa shape index (κ3) is 6.49. The highest BCUT2D eigenvalue weighted by Crippen LogP contribution is 2.53. The Kier molecular flexibility index (Phi) is 9.24. The summed E-state index contributed by atoms with van der Waals surface area (Å²) < 4.78 is 14.2. The Morgan fingerprint density at radius 1 is 0.471 bits per heavy atom. The van der Waals surface area contributed by atoms with Crippen LogP contribution in [-0.4, -0.2) is 7.28 Å². The lowest BCUT2D eigenvalue weighted by atomic mass is 9.57. The molecule has 0 bridgehead atoms. The van der Waals surface area contributed by atoms with E-state index in [4.69, 9.17) is 8.83 Å². The maximum Gasteiger partial charge on any atom is 0.198 e. The van der Waals surface area contributed by atoms with Crippen LogP contribution in [0.15, 0.2) is 154 Å². The zero-order valence-electron chi connectivity index (χ0n) is 42.2. The Labute approximate surface area is 413 Å². The van der Waals surface area contributed by atoms with E-state index in [1.54, 1.807) is 0 Å². The van der Waals surface area contributed by atoms with E-state index in [9.17, 15) is 0 Å². The normalized spacial score (nSPS) is 17.2. The number of benzene rings is 8. The number of hydrogen-bond acceptors (Lipinski definition) is 4. The molecule has 70 heavy (non-hydrogen) atoms. The van der Waals surface area contributed by atoms with E-state index >= 15 is 0 Å². The second kappa shape index (κ2) is 15.0. The second-order valence-electron chi connectivity index (χ2n) is 23.5. The van der Waals surface area contributed by atoms with Crippen molar-refractivity contribution in [3.8, 4) is 22.3 Å². The van der Waals surface area contributed by atoms with Crippen LogP contribution in [0.3, 0.4) is 0 Å². The predicted molar refractivity (Wildman–Crippen MR) is 298 cm³/mol. The van der Waals surface area contributed by atoms with Crippen molar-refractivity contribution in [2.75, 3.05) is 10.2 Å². The smallest absolute Gasteiger partial charge is 0.198 e. The van der Waals surface area contributed by atoms with Gasteiger partial charge in [0.05, 0.1) is 5.69 Å². The summed E-state index contributed by atoms with van der Waals surface area (Å²) in [7, 11) is 0.723. The van der Waals surface area contributed by atoms with E-state index in [0.29, 0.717) is 0 Å². The molecular weight excluding hydrogens is 852 g/mol. The van der Waals surface area contributed by atoms with Gasteiger partial charge in [-0.15, -0.1) is 0 Å². The molecule has 0 saturated carbocycles. The fourth-order valence-corrected chi connectivity index (χ4v) is 12.7. The van der Waals surface area contributed by atoms with Crippen LogP contribution in [0.1, 0.15) is 109 Å². The van der Waals surface area contributed by atoms with Gasteiger partial charge < -0.3 is 19.1 Å². The van der Waals surface area contributed by atoms with Crippen molar-refractivity contribution in [3.63, 3.8) is 0 Å². The van der Waals surface area contributed by atoms with Crippen molar-refractivity contribution < 1.29 is 8.83 Å². The molecule has 0 unspecified atom stereocenters. The number of nitrogens with one attached hydrogen (secondary N) is 1. The summed E-state index contributed by atoms with van der Waals surface area (Å²) in [6, 6.07) is 54.2. The number of anilines is 5. The number of furan rings is 2. The molecule has 8 aromatic carbocycles. The zero-order chi connectivity index (χ0) is 48.1. The number of rotatable bonds is 5. The van der Waals surface area contributed by atoms with Crippen molar-refractivity contribution in [2.24, 2.45) is 0 Å². The summed E-state index contributed by atoms with van der Waals surface area (Å²) in [4.78, 5) is 2.61. The minimum atomic E-state index is 0.0285. The summed E-state index contributed by atoms with van der Waals surface area (Å²) >= 11 is 0. The predicted octanol–water partition coefficient (Wildman–Crippen LogP) is 16.7. The van der Waals surface area contributed by atoms with Crippen LogP contribution in [0.4, 0.5) is 28.4 Å². The summed E-state index contributed by atoms with van der Waals surface area (Å²) in [5.74, 6) is 0. The van der Waals surface area contributed by atoms with Crippen LogP contribution in [0.25, 0.3) is 66.1 Å². The van der Waals surface area contributed by atoms with Gasteiger partial charge in [0.1, 0.15) is 16.7 Å². The maximum absolute atomic E-state index is 7.18. The lowest BCUT2D eigenvalue weighted by Crippen LogP contribution is -2.41. The monoisotopic (exact) mass is 912 g/mol. The molecule has 3 aliphatic rings. The molecule has 0 atom stereocenters. The molecule has 4 nitrogen and oxygen atoms in total. The standard InChI is InChI=1S/C65H61BN2O2/c1-38-33-48-50(65(8,9)32-31-63(48,4)5)37-52(38)68-53-34-40(39-17-11-10-12-18-39)23-28-51(53)66-58-54(68)36-46-43-20-14-16-22-56(43)69-60(46)57(58)45-26-25-44-42-19-13-15-21-55(42)70-61(44)59(45)67-41-24-27-47-49(35-41)64(6,7)30-29-62(47,2)3/h10-28,33-37,66-67H,29-32H2,1-9H3. The van der Waals surface area contributed by atoms with Gasteiger partial charge in [0, 0.05) is 55.4 Å². The Bertz CT molecular complexity index is 3810. The van der Waals surface area contributed by atoms with E-state index in [0.717, 1.165) is 86.5 Å². The third-order valence-corrected chi connectivity index (χ3v) is 17.1. The lowest BCUT2D eigenvalue weighted by Gasteiger charge is -2.44. The number of fused-ring (bicyclic) bond motifs is 10. The average molecular weight is 913 g/mol. The van der Waals surface area contributed by atoms with E-state index in [1.165, 1.54) is 79.8 Å². The van der Waals surface area contributed by atoms with Gasteiger partial charge in [-0.1, -0.05) is 158 Å². The van der Waals surface area contributed by atoms with Crippen molar-refractivity contribution in [2.45, 2.75) is 110 Å². The van der Waals surface area contributed by atoms with Gasteiger partial charge in [-0.3, -0.25) is 0 Å².